The highest BCUT2D eigenvalue weighted by atomic mass is 79.9. The molecule has 1 atom stereocenters. The first-order valence-electron chi connectivity index (χ1n) is 10.3. The van der Waals surface area contributed by atoms with Crippen LogP contribution in [-0.2, 0) is 22.6 Å². The molecule has 2 amide bonds. The van der Waals surface area contributed by atoms with Crippen molar-refractivity contribution in [3.8, 4) is 5.75 Å². The van der Waals surface area contributed by atoms with Gasteiger partial charge in [0.05, 0.1) is 4.47 Å². The summed E-state index contributed by atoms with van der Waals surface area (Å²) in [5.41, 5.74) is 1.58. The summed E-state index contributed by atoms with van der Waals surface area (Å²) < 4.78 is 6.37. The summed E-state index contributed by atoms with van der Waals surface area (Å²) in [6.07, 6.45) is 0.322. The Morgan fingerprint density at radius 3 is 2.32 bits per heavy atom. The largest absolute Gasteiger partial charge is 0.483 e. The van der Waals surface area contributed by atoms with Crippen LogP contribution in [0.1, 0.15) is 11.1 Å². The Balaban J connectivity index is 1.91. The molecule has 0 aliphatic rings. The van der Waals surface area contributed by atoms with E-state index in [1.165, 1.54) is 4.90 Å². The van der Waals surface area contributed by atoms with Crippen LogP contribution in [0.5, 0.6) is 5.75 Å². The molecule has 0 radical (unpaired) electrons. The van der Waals surface area contributed by atoms with Crippen molar-refractivity contribution in [1.82, 2.24) is 10.2 Å². The average molecular weight is 585 g/mol. The van der Waals surface area contributed by atoms with E-state index in [2.05, 4.69) is 21.2 Å². The van der Waals surface area contributed by atoms with E-state index in [9.17, 15) is 9.59 Å². The number of carbonyl (C=O) groups is 2. The molecule has 9 heteroatoms. The summed E-state index contributed by atoms with van der Waals surface area (Å²) in [6.45, 7) is -0.182. The first-order chi connectivity index (χ1) is 16.3. The second-order valence-corrected chi connectivity index (χ2v) is 9.57. The number of benzene rings is 3. The molecule has 178 valence electrons. The van der Waals surface area contributed by atoms with Crippen LogP contribution in [-0.4, -0.2) is 36.4 Å². The third kappa shape index (κ3) is 7.12. The van der Waals surface area contributed by atoms with Gasteiger partial charge in [-0.1, -0.05) is 71.2 Å². The summed E-state index contributed by atoms with van der Waals surface area (Å²) in [4.78, 5) is 27.9. The summed E-state index contributed by atoms with van der Waals surface area (Å²) in [5, 5.41) is 4.09. The normalized spacial score (nSPS) is 11.6. The van der Waals surface area contributed by atoms with Crippen molar-refractivity contribution in [2.24, 2.45) is 0 Å². The molecule has 1 N–H and O–H groups in total. The van der Waals surface area contributed by atoms with Gasteiger partial charge in [-0.3, -0.25) is 9.59 Å². The Hall–Kier alpha value is -2.25. The van der Waals surface area contributed by atoms with Gasteiger partial charge in [0, 0.05) is 35.1 Å². The summed E-state index contributed by atoms with van der Waals surface area (Å²) in [5.74, 6) is -0.214. The zero-order valence-electron chi connectivity index (χ0n) is 18.2. The minimum Gasteiger partial charge on any atom is -0.483 e. The lowest BCUT2D eigenvalue weighted by atomic mass is 10.0. The van der Waals surface area contributed by atoms with Crippen LogP contribution in [0, 0.1) is 0 Å². The fourth-order valence-electron chi connectivity index (χ4n) is 3.37. The van der Waals surface area contributed by atoms with Gasteiger partial charge in [0.2, 0.25) is 5.91 Å². The molecule has 0 bridgehead atoms. The fourth-order valence-corrected chi connectivity index (χ4v) is 4.63. The van der Waals surface area contributed by atoms with Gasteiger partial charge in [0.25, 0.3) is 5.91 Å². The lowest BCUT2D eigenvalue weighted by molar-refractivity contribution is -0.142. The maximum Gasteiger partial charge on any atom is 0.261 e. The number of hydrogen-bond acceptors (Lipinski definition) is 3. The number of amides is 2. The van der Waals surface area contributed by atoms with Crippen LogP contribution in [0.15, 0.2) is 71.2 Å². The third-order valence-corrected chi connectivity index (χ3v) is 6.56. The van der Waals surface area contributed by atoms with Crippen molar-refractivity contribution in [1.29, 1.82) is 0 Å². The van der Waals surface area contributed by atoms with Gasteiger partial charge in [-0.05, 0) is 57.4 Å². The van der Waals surface area contributed by atoms with Crippen molar-refractivity contribution in [2.75, 3.05) is 13.7 Å². The molecule has 0 saturated carbocycles. The lowest BCUT2D eigenvalue weighted by Gasteiger charge is -2.31. The highest BCUT2D eigenvalue weighted by Gasteiger charge is 2.30. The number of rotatable bonds is 9. The van der Waals surface area contributed by atoms with Gasteiger partial charge >= 0.3 is 0 Å². The number of nitrogens with one attached hydrogen (secondary N) is 1. The molecule has 3 aromatic rings. The van der Waals surface area contributed by atoms with Crippen molar-refractivity contribution in [3.05, 3.63) is 97.4 Å². The van der Waals surface area contributed by atoms with Crippen LogP contribution in [0.4, 0.5) is 0 Å². The maximum absolute atomic E-state index is 13.4. The van der Waals surface area contributed by atoms with Gasteiger partial charge in [-0.25, -0.2) is 0 Å². The van der Waals surface area contributed by atoms with Crippen molar-refractivity contribution in [2.45, 2.75) is 19.0 Å². The van der Waals surface area contributed by atoms with Crippen molar-refractivity contribution >= 4 is 62.5 Å². The zero-order valence-corrected chi connectivity index (χ0v) is 22.1. The topological polar surface area (TPSA) is 58.6 Å². The van der Waals surface area contributed by atoms with E-state index in [-0.39, 0.29) is 25.0 Å². The fraction of sp³-hybridized carbons (Fsp3) is 0.200. The molecular weight excluding hydrogens is 563 g/mol. The second-order valence-electron chi connectivity index (χ2n) is 7.44. The van der Waals surface area contributed by atoms with E-state index < -0.39 is 6.04 Å². The first-order valence-corrected chi connectivity index (χ1v) is 12.3. The molecule has 3 rings (SSSR count). The molecule has 0 spiro atoms. The number of nitrogens with zero attached hydrogens (tertiary/aromatic N) is 1. The summed E-state index contributed by atoms with van der Waals surface area (Å²) in [7, 11) is 1.54. The molecule has 0 saturated heterocycles. The molecule has 0 aromatic heterocycles. The van der Waals surface area contributed by atoms with Gasteiger partial charge in [-0.2, -0.15) is 0 Å². The Bertz CT molecular complexity index is 1160. The van der Waals surface area contributed by atoms with E-state index in [0.29, 0.717) is 37.3 Å². The first kappa shape index (κ1) is 26.4. The molecular formula is C25H22BrCl3N2O3. The minimum absolute atomic E-state index is 0.102. The molecule has 0 heterocycles. The van der Waals surface area contributed by atoms with Gasteiger partial charge in [-0.15, -0.1) is 0 Å². The van der Waals surface area contributed by atoms with E-state index in [4.69, 9.17) is 39.5 Å². The molecule has 1 unspecified atom stereocenters. The molecule has 0 fully saturated rings. The minimum atomic E-state index is -0.788. The summed E-state index contributed by atoms with van der Waals surface area (Å²) in [6, 6.07) is 18.8. The quantitative estimate of drug-likeness (QED) is 0.327. The van der Waals surface area contributed by atoms with Crippen LogP contribution in [0.25, 0.3) is 0 Å². The number of ether oxygens (including phenoxy) is 1. The molecule has 3 aromatic carbocycles. The Morgan fingerprint density at radius 2 is 1.68 bits per heavy atom. The van der Waals surface area contributed by atoms with Gasteiger partial charge < -0.3 is 15.0 Å². The molecule has 0 aliphatic carbocycles. The predicted octanol–water partition coefficient (Wildman–Crippen LogP) is 6.17. The highest BCUT2D eigenvalue weighted by Crippen LogP contribution is 2.28. The van der Waals surface area contributed by atoms with Crippen LogP contribution < -0.4 is 10.1 Å². The Kier molecular flexibility index (Phi) is 9.65. The molecule has 34 heavy (non-hydrogen) atoms. The summed E-state index contributed by atoms with van der Waals surface area (Å²) >= 11 is 21.8. The number of likely N-dealkylation sites (N-methyl/N-ethyl adjacent to an activating group) is 1. The predicted molar refractivity (Wildman–Crippen MR) is 140 cm³/mol. The van der Waals surface area contributed by atoms with Crippen LogP contribution in [0.3, 0.4) is 0 Å². The van der Waals surface area contributed by atoms with Gasteiger partial charge in [0.1, 0.15) is 11.8 Å². The molecule has 0 aliphatic heterocycles. The van der Waals surface area contributed by atoms with Gasteiger partial charge in [0.15, 0.2) is 6.61 Å². The van der Waals surface area contributed by atoms with Crippen LogP contribution in [0.2, 0.25) is 15.1 Å². The second kappa shape index (κ2) is 12.5. The zero-order chi connectivity index (χ0) is 24.7. The number of carbonyl (C=O) groups excluding carboxylic acids is 2. The smallest absolute Gasteiger partial charge is 0.261 e. The van der Waals surface area contributed by atoms with Crippen LogP contribution >= 0.6 is 50.7 Å². The Labute approximate surface area is 222 Å². The maximum atomic E-state index is 13.4. The van der Waals surface area contributed by atoms with E-state index in [0.717, 1.165) is 5.56 Å². The Morgan fingerprint density at radius 1 is 1.00 bits per heavy atom. The van der Waals surface area contributed by atoms with Crippen molar-refractivity contribution < 1.29 is 14.3 Å². The number of hydrogen-bond donors (Lipinski definition) is 1. The third-order valence-electron chi connectivity index (χ3n) is 5.12. The standard InChI is InChI=1S/C25H22BrCl3N2O3/c1-30-25(33)22(11-16-5-3-2-4-6-16)31(14-17-7-8-19(28)13-21(17)29)24(32)15-34-23-10-9-18(27)12-20(23)26/h2-10,12-13,22H,11,14-15H2,1H3,(H,30,33). The van der Waals surface area contributed by atoms with Crippen molar-refractivity contribution in [3.63, 3.8) is 0 Å². The van der Waals surface area contributed by atoms with E-state index in [1.54, 1.807) is 43.4 Å². The SMILES string of the molecule is CNC(=O)C(Cc1ccccc1)N(Cc1ccc(Cl)cc1Cl)C(=O)COc1ccc(Cl)cc1Br. The van der Waals surface area contributed by atoms with E-state index >= 15 is 0 Å². The monoisotopic (exact) mass is 582 g/mol. The van der Waals surface area contributed by atoms with E-state index in [1.807, 2.05) is 30.3 Å². The molecule has 5 nitrogen and oxygen atoms in total. The average Bonchev–Trinajstić information content (AvgIpc) is 2.82. The number of halogens is 4. The lowest BCUT2D eigenvalue weighted by Crippen LogP contribution is -2.51. The highest BCUT2D eigenvalue weighted by molar-refractivity contribution is 9.10.